The summed E-state index contributed by atoms with van der Waals surface area (Å²) in [6, 6.07) is 12.0. The van der Waals surface area contributed by atoms with E-state index >= 15 is 0 Å². The maximum atomic E-state index is 12.6. The number of methoxy groups -OCH3 is 1. The molecule has 0 unspecified atom stereocenters. The summed E-state index contributed by atoms with van der Waals surface area (Å²) in [5, 5.41) is 6.47. The molecule has 0 saturated heterocycles. The van der Waals surface area contributed by atoms with Crippen LogP contribution < -0.4 is 10.6 Å². The maximum absolute atomic E-state index is 12.6. The van der Waals surface area contributed by atoms with E-state index in [2.05, 4.69) is 15.6 Å². The molecule has 1 saturated carbocycles. The Morgan fingerprint density at radius 3 is 2.57 bits per heavy atom. The van der Waals surface area contributed by atoms with Gasteiger partial charge in [-0.15, -0.1) is 0 Å². The Balaban J connectivity index is 1.80. The first-order chi connectivity index (χ1) is 13.8. The smallest absolute Gasteiger partial charge is 0.270 e. The molecule has 0 bridgehead atoms. The summed E-state index contributed by atoms with van der Waals surface area (Å²) in [6.07, 6.45) is 8.12. The van der Waals surface area contributed by atoms with E-state index in [9.17, 15) is 4.79 Å². The van der Waals surface area contributed by atoms with Crippen molar-refractivity contribution in [2.24, 2.45) is 0 Å². The predicted octanol–water partition coefficient (Wildman–Crippen LogP) is 4.04. The van der Waals surface area contributed by atoms with Gasteiger partial charge in [-0.2, -0.15) is 0 Å². The molecule has 1 aliphatic rings. The number of benzene rings is 1. The van der Waals surface area contributed by atoms with Gasteiger partial charge >= 0.3 is 0 Å². The first-order valence-corrected chi connectivity index (χ1v) is 10.2. The van der Waals surface area contributed by atoms with Gasteiger partial charge in [-0.05, 0) is 19.3 Å². The van der Waals surface area contributed by atoms with E-state index in [0.717, 1.165) is 30.6 Å². The van der Waals surface area contributed by atoms with Crippen LogP contribution in [0.15, 0.2) is 36.4 Å². The highest BCUT2D eigenvalue weighted by Crippen LogP contribution is 2.23. The molecule has 6 nitrogen and oxygen atoms in total. The zero-order chi connectivity index (χ0) is 19.6. The van der Waals surface area contributed by atoms with E-state index in [1.54, 1.807) is 13.2 Å². The number of rotatable bonds is 8. The summed E-state index contributed by atoms with van der Waals surface area (Å²) in [5.41, 5.74) is 1.29. The van der Waals surface area contributed by atoms with Gasteiger partial charge in [0, 0.05) is 37.9 Å². The molecule has 1 aromatic carbocycles. The SMILES string of the molecule is COCCCNC(=O)c1cc(NC2CCCCCC2)nc(-c2ccccc2)n1. The highest BCUT2D eigenvalue weighted by molar-refractivity contribution is 5.93. The van der Waals surface area contributed by atoms with E-state index in [1.165, 1.54) is 25.7 Å². The fourth-order valence-electron chi connectivity index (χ4n) is 3.50. The van der Waals surface area contributed by atoms with Crippen LogP contribution in [0.4, 0.5) is 5.82 Å². The first-order valence-electron chi connectivity index (χ1n) is 10.2. The van der Waals surface area contributed by atoms with Gasteiger partial charge in [-0.25, -0.2) is 9.97 Å². The molecule has 150 valence electrons. The molecule has 0 aliphatic heterocycles. The summed E-state index contributed by atoms with van der Waals surface area (Å²) in [6.45, 7) is 1.18. The number of nitrogens with one attached hydrogen (secondary N) is 2. The van der Waals surface area contributed by atoms with Gasteiger partial charge in [0.1, 0.15) is 11.5 Å². The average Bonchev–Trinajstić information content (AvgIpc) is 3.00. The summed E-state index contributed by atoms with van der Waals surface area (Å²) in [5.74, 6) is 1.11. The van der Waals surface area contributed by atoms with Crippen LogP contribution in [-0.4, -0.2) is 42.2 Å². The Kier molecular flexibility index (Phi) is 7.79. The highest BCUT2D eigenvalue weighted by Gasteiger charge is 2.16. The standard InChI is InChI=1S/C22H30N4O2/c1-28-15-9-14-23-22(27)19-16-20(24-18-12-7-2-3-8-13-18)26-21(25-19)17-10-5-4-6-11-17/h4-6,10-11,16,18H,2-3,7-9,12-15H2,1H3,(H,23,27)(H,24,25,26). The number of hydrogen-bond acceptors (Lipinski definition) is 5. The number of aromatic nitrogens is 2. The molecule has 2 aromatic rings. The number of amides is 1. The lowest BCUT2D eigenvalue weighted by Gasteiger charge is -2.18. The van der Waals surface area contributed by atoms with Crippen molar-refractivity contribution < 1.29 is 9.53 Å². The molecule has 1 aliphatic carbocycles. The summed E-state index contributed by atoms with van der Waals surface area (Å²) < 4.78 is 5.03. The van der Waals surface area contributed by atoms with Crippen molar-refractivity contribution in [2.45, 2.75) is 51.0 Å². The average molecular weight is 383 g/mol. The minimum atomic E-state index is -0.181. The minimum Gasteiger partial charge on any atom is -0.385 e. The second-order valence-corrected chi connectivity index (χ2v) is 7.26. The van der Waals surface area contributed by atoms with Gasteiger partial charge in [-0.3, -0.25) is 4.79 Å². The maximum Gasteiger partial charge on any atom is 0.270 e. The highest BCUT2D eigenvalue weighted by atomic mass is 16.5. The Morgan fingerprint density at radius 1 is 1.11 bits per heavy atom. The normalized spacial score (nSPS) is 15.0. The molecule has 0 radical (unpaired) electrons. The van der Waals surface area contributed by atoms with Crippen molar-refractivity contribution in [1.82, 2.24) is 15.3 Å². The fraction of sp³-hybridized carbons (Fsp3) is 0.500. The van der Waals surface area contributed by atoms with Gasteiger partial charge in [0.25, 0.3) is 5.91 Å². The molecule has 1 aromatic heterocycles. The molecule has 1 heterocycles. The lowest BCUT2D eigenvalue weighted by atomic mass is 10.1. The third-order valence-electron chi connectivity index (χ3n) is 5.01. The molecule has 28 heavy (non-hydrogen) atoms. The molecular weight excluding hydrogens is 352 g/mol. The topological polar surface area (TPSA) is 76.1 Å². The Labute approximate surface area is 167 Å². The van der Waals surface area contributed by atoms with Crippen molar-refractivity contribution in [3.8, 4) is 11.4 Å². The monoisotopic (exact) mass is 382 g/mol. The Morgan fingerprint density at radius 2 is 1.86 bits per heavy atom. The molecule has 2 N–H and O–H groups in total. The summed E-state index contributed by atoms with van der Waals surface area (Å²) >= 11 is 0. The first kappa shape index (κ1) is 20.3. The predicted molar refractivity (Wildman–Crippen MR) is 111 cm³/mol. The molecule has 1 amide bonds. The third-order valence-corrected chi connectivity index (χ3v) is 5.01. The number of carbonyl (C=O) groups excluding carboxylic acids is 1. The zero-order valence-electron chi connectivity index (χ0n) is 16.6. The van der Waals surface area contributed by atoms with Crippen molar-refractivity contribution in [3.05, 3.63) is 42.1 Å². The molecule has 0 atom stereocenters. The summed E-state index contributed by atoms with van der Waals surface area (Å²) in [4.78, 5) is 21.8. The number of ether oxygens (including phenoxy) is 1. The quantitative estimate of drug-likeness (QED) is 0.532. The summed E-state index contributed by atoms with van der Waals surface area (Å²) in [7, 11) is 1.66. The second-order valence-electron chi connectivity index (χ2n) is 7.26. The minimum absolute atomic E-state index is 0.181. The second kappa shape index (κ2) is 10.8. The largest absolute Gasteiger partial charge is 0.385 e. The third kappa shape index (κ3) is 6.02. The Hall–Kier alpha value is -2.47. The molecular formula is C22H30N4O2. The van der Waals surface area contributed by atoms with Crippen LogP contribution >= 0.6 is 0 Å². The van der Waals surface area contributed by atoms with E-state index < -0.39 is 0 Å². The number of carbonyl (C=O) groups is 1. The van der Waals surface area contributed by atoms with Crippen LogP contribution in [0.2, 0.25) is 0 Å². The van der Waals surface area contributed by atoms with Crippen LogP contribution in [0.25, 0.3) is 11.4 Å². The molecule has 1 fully saturated rings. The fourth-order valence-corrected chi connectivity index (χ4v) is 3.50. The molecule has 0 spiro atoms. The van der Waals surface area contributed by atoms with Gasteiger partial charge in [-0.1, -0.05) is 56.0 Å². The van der Waals surface area contributed by atoms with Crippen molar-refractivity contribution in [1.29, 1.82) is 0 Å². The van der Waals surface area contributed by atoms with E-state index in [-0.39, 0.29) is 5.91 Å². The lowest BCUT2D eigenvalue weighted by Crippen LogP contribution is -2.27. The van der Waals surface area contributed by atoms with Crippen LogP contribution in [-0.2, 0) is 4.74 Å². The van der Waals surface area contributed by atoms with E-state index in [4.69, 9.17) is 9.72 Å². The molecule has 6 heteroatoms. The van der Waals surface area contributed by atoms with Crippen molar-refractivity contribution in [3.63, 3.8) is 0 Å². The Bertz CT molecular complexity index is 743. The van der Waals surface area contributed by atoms with Gasteiger partial charge in [0.15, 0.2) is 5.82 Å². The zero-order valence-corrected chi connectivity index (χ0v) is 16.6. The number of hydrogen-bond donors (Lipinski definition) is 2. The van der Waals surface area contributed by atoms with Gasteiger partial charge in [0.05, 0.1) is 0 Å². The van der Waals surface area contributed by atoms with Gasteiger partial charge in [0.2, 0.25) is 0 Å². The van der Waals surface area contributed by atoms with Crippen LogP contribution in [0.5, 0.6) is 0 Å². The number of nitrogens with zero attached hydrogens (tertiary/aromatic N) is 2. The van der Waals surface area contributed by atoms with Crippen LogP contribution in [0.3, 0.4) is 0 Å². The van der Waals surface area contributed by atoms with Crippen LogP contribution in [0.1, 0.15) is 55.4 Å². The van der Waals surface area contributed by atoms with Crippen molar-refractivity contribution in [2.75, 3.05) is 25.6 Å². The molecule has 3 rings (SSSR count). The number of anilines is 1. The van der Waals surface area contributed by atoms with Crippen LogP contribution in [0, 0.1) is 0 Å². The van der Waals surface area contributed by atoms with E-state index in [1.807, 2.05) is 30.3 Å². The van der Waals surface area contributed by atoms with Crippen molar-refractivity contribution >= 4 is 11.7 Å². The lowest BCUT2D eigenvalue weighted by molar-refractivity contribution is 0.0943. The van der Waals surface area contributed by atoms with E-state index in [0.29, 0.717) is 30.7 Å². The van der Waals surface area contributed by atoms with Gasteiger partial charge < -0.3 is 15.4 Å².